The Bertz CT molecular complexity index is 642. The smallest absolute Gasteiger partial charge is 0.193 e. The first-order valence-electron chi connectivity index (χ1n) is 7.66. The molecule has 21 heavy (non-hydrogen) atoms. The summed E-state index contributed by atoms with van der Waals surface area (Å²) in [6, 6.07) is 15.9. The summed E-state index contributed by atoms with van der Waals surface area (Å²) in [5.74, 6) is 0.122. The average Bonchev–Trinajstić information content (AvgIpc) is 3.00. The number of rotatable bonds is 4. The van der Waals surface area contributed by atoms with Crippen LogP contribution >= 0.6 is 0 Å². The zero-order chi connectivity index (χ0) is 14.7. The van der Waals surface area contributed by atoms with Crippen LogP contribution in [-0.4, -0.2) is 23.8 Å². The summed E-state index contributed by atoms with van der Waals surface area (Å²) in [5.41, 5.74) is 3.86. The number of carbonyl (C=O) groups is 1. The van der Waals surface area contributed by atoms with Crippen molar-refractivity contribution in [2.24, 2.45) is 0 Å². The highest BCUT2D eigenvalue weighted by Crippen LogP contribution is 2.17. The lowest BCUT2D eigenvalue weighted by atomic mass is 9.98. The van der Waals surface area contributed by atoms with Crippen LogP contribution in [0.3, 0.4) is 0 Å². The van der Waals surface area contributed by atoms with Crippen molar-refractivity contribution in [1.29, 1.82) is 0 Å². The van der Waals surface area contributed by atoms with E-state index < -0.39 is 0 Å². The fraction of sp³-hybridized carbons (Fsp3) is 0.316. The van der Waals surface area contributed by atoms with Crippen molar-refractivity contribution in [3.63, 3.8) is 0 Å². The minimum atomic E-state index is 0.122. The SMILES string of the molecule is Cc1ccccc1C(=O)c1cccc(CN2CCCC2)c1. The van der Waals surface area contributed by atoms with Gasteiger partial charge < -0.3 is 0 Å². The van der Waals surface area contributed by atoms with Crippen LogP contribution in [0.2, 0.25) is 0 Å². The van der Waals surface area contributed by atoms with Gasteiger partial charge in [0.15, 0.2) is 5.78 Å². The Morgan fingerprint density at radius 3 is 2.57 bits per heavy atom. The Balaban J connectivity index is 1.82. The van der Waals surface area contributed by atoms with Gasteiger partial charge in [0.05, 0.1) is 0 Å². The molecule has 1 saturated heterocycles. The van der Waals surface area contributed by atoms with Gasteiger partial charge in [0, 0.05) is 17.7 Å². The molecule has 0 radical (unpaired) electrons. The fourth-order valence-electron chi connectivity index (χ4n) is 2.99. The van der Waals surface area contributed by atoms with Gasteiger partial charge in [0.25, 0.3) is 0 Å². The van der Waals surface area contributed by atoms with Gasteiger partial charge in [0.1, 0.15) is 0 Å². The lowest BCUT2D eigenvalue weighted by molar-refractivity contribution is 0.103. The minimum Gasteiger partial charge on any atom is -0.299 e. The summed E-state index contributed by atoms with van der Waals surface area (Å²) in [5, 5.41) is 0. The van der Waals surface area contributed by atoms with E-state index in [1.165, 1.54) is 31.5 Å². The summed E-state index contributed by atoms with van der Waals surface area (Å²) < 4.78 is 0. The van der Waals surface area contributed by atoms with Crippen LogP contribution in [-0.2, 0) is 6.54 Å². The summed E-state index contributed by atoms with van der Waals surface area (Å²) in [6.45, 7) is 5.29. The third-order valence-electron chi connectivity index (χ3n) is 4.18. The van der Waals surface area contributed by atoms with Crippen molar-refractivity contribution in [2.45, 2.75) is 26.3 Å². The first-order chi connectivity index (χ1) is 10.2. The molecule has 3 rings (SSSR count). The molecular weight excluding hydrogens is 258 g/mol. The van der Waals surface area contributed by atoms with E-state index in [4.69, 9.17) is 0 Å². The van der Waals surface area contributed by atoms with Crippen molar-refractivity contribution >= 4 is 5.78 Å². The van der Waals surface area contributed by atoms with Gasteiger partial charge in [-0.15, -0.1) is 0 Å². The maximum absolute atomic E-state index is 12.6. The molecule has 2 aromatic carbocycles. The van der Waals surface area contributed by atoms with Crippen LogP contribution in [0.25, 0.3) is 0 Å². The van der Waals surface area contributed by atoms with Crippen LogP contribution in [0.5, 0.6) is 0 Å². The van der Waals surface area contributed by atoms with Crippen LogP contribution < -0.4 is 0 Å². The second kappa shape index (κ2) is 6.23. The molecule has 0 amide bonds. The molecule has 1 aliphatic rings. The first-order valence-corrected chi connectivity index (χ1v) is 7.66. The molecule has 0 bridgehead atoms. The largest absolute Gasteiger partial charge is 0.299 e. The van der Waals surface area contributed by atoms with Gasteiger partial charge in [-0.25, -0.2) is 0 Å². The van der Waals surface area contributed by atoms with E-state index in [-0.39, 0.29) is 5.78 Å². The Morgan fingerprint density at radius 1 is 1.05 bits per heavy atom. The molecular formula is C19H21NO. The summed E-state index contributed by atoms with van der Waals surface area (Å²) in [6.07, 6.45) is 2.59. The monoisotopic (exact) mass is 279 g/mol. The Hall–Kier alpha value is -1.93. The molecule has 0 spiro atoms. The highest BCUT2D eigenvalue weighted by atomic mass is 16.1. The van der Waals surface area contributed by atoms with Crippen LogP contribution in [0.1, 0.15) is 39.9 Å². The molecule has 0 aromatic heterocycles. The predicted molar refractivity (Wildman–Crippen MR) is 85.6 cm³/mol. The Morgan fingerprint density at radius 2 is 1.81 bits per heavy atom. The van der Waals surface area contributed by atoms with E-state index in [0.29, 0.717) is 0 Å². The normalized spacial score (nSPS) is 15.3. The number of ketones is 1. The van der Waals surface area contributed by atoms with Crippen LogP contribution in [0.15, 0.2) is 48.5 Å². The Labute approximate surface area is 126 Å². The summed E-state index contributed by atoms with van der Waals surface area (Å²) in [7, 11) is 0. The van der Waals surface area contributed by atoms with E-state index in [0.717, 1.165) is 23.2 Å². The van der Waals surface area contributed by atoms with E-state index >= 15 is 0 Å². The number of aryl methyl sites for hydroxylation is 1. The van der Waals surface area contributed by atoms with Crippen LogP contribution in [0.4, 0.5) is 0 Å². The molecule has 0 aliphatic carbocycles. The van der Waals surface area contributed by atoms with E-state index in [9.17, 15) is 4.79 Å². The molecule has 1 aliphatic heterocycles. The molecule has 0 atom stereocenters. The van der Waals surface area contributed by atoms with E-state index in [1.807, 2.05) is 49.4 Å². The highest BCUT2D eigenvalue weighted by Gasteiger charge is 2.14. The van der Waals surface area contributed by atoms with Crippen molar-refractivity contribution in [2.75, 3.05) is 13.1 Å². The third-order valence-corrected chi connectivity index (χ3v) is 4.18. The molecule has 2 nitrogen and oxygen atoms in total. The molecule has 2 aromatic rings. The van der Waals surface area contributed by atoms with Gasteiger partial charge in [-0.05, 0) is 50.0 Å². The molecule has 0 unspecified atom stereocenters. The van der Waals surface area contributed by atoms with Gasteiger partial charge in [-0.1, -0.05) is 42.5 Å². The number of carbonyl (C=O) groups excluding carboxylic acids is 1. The lowest BCUT2D eigenvalue weighted by Gasteiger charge is -2.15. The van der Waals surface area contributed by atoms with E-state index in [2.05, 4.69) is 11.0 Å². The number of hydrogen-bond donors (Lipinski definition) is 0. The van der Waals surface area contributed by atoms with Gasteiger partial charge in [-0.2, -0.15) is 0 Å². The van der Waals surface area contributed by atoms with Crippen molar-refractivity contribution in [1.82, 2.24) is 4.90 Å². The first kappa shape index (κ1) is 14.0. The summed E-state index contributed by atoms with van der Waals surface area (Å²) >= 11 is 0. The molecule has 108 valence electrons. The third kappa shape index (κ3) is 3.22. The molecule has 1 fully saturated rings. The standard InChI is InChI=1S/C19H21NO/c1-15-7-2-3-10-18(15)19(21)17-9-6-8-16(13-17)14-20-11-4-5-12-20/h2-3,6-10,13H,4-5,11-12,14H2,1H3. The van der Waals surface area contributed by atoms with Gasteiger partial charge in [0.2, 0.25) is 0 Å². The van der Waals surface area contributed by atoms with Crippen LogP contribution in [0, 0.1) is 6.92 Å². The van der Waals surface area contributed by atoms with Crippen molar-refractivity contribution in [3.05, 3.63) is 70.8 Å². The maximum atomic E-state index is 12.6. The topological polar surface area (TPSA) is 20.3 Å². The average molecular weight is 279 g/mol. The number of nitrogens with zero attached hydrogens (tertiary/aromatic N) is 1. The molecule has 0 N–H and O–H groups in total. The molecule has 2 heteroatoms. The Kier molecular flexibility index (Phi) is 4.16. The zero-order valence-electron chi connectivity index (χ0n) is 12.5. The second-order valence-electron chi connectivity index (χ2n) is 5.83. The number of hydrogen-bond acceptors (Lipinski definition) is 2. The molecule has 1 heterocycles. The zero-order valence-corrected chi connectivity index (χ0v) is 12.5. The van der Waals surface area contributed by atoms with Gasteiger partial charge in [-0.3, -0.25) is 9.69 Å². The second-order valence-corrected chi connectivity index (χ2v) is 5.83. The van der Waals surface area contributed by atoms with Crippen molar-refractivity contribution in [3.8, 4) is 0 Å². The quantitative estimate of drug-likeness (QED) is 0.793. The predicted octanol–water partition coefficient (Wildman–Crippen LogP) is 3.82. The lowest BCUT2D eigenvalue weighted by Crippen LogP contribution is -2.18. The number of likely N-dealkylation sites (tertiary alicyclic amines) is 1. The highest BCUT2D eigenvalue weighted by molar-refractivity contribution is 6.09. The summed E-state index contributed by atoms with van der Waals surface area (Å²) in [4.78, 5) is 15.1. The number of benzene rings is 2. The minimum absolute atomic E-state index is 0.122. The maximum Gasteiger partial charge on any atom is 0.193 e. The van der Waals surface area contributed by atoms with Gasteiger partial charge >= 0.3 is 0 Å². The van der Waals surface area contributed by atoms with Crippen molar-refractivity contribution < 1.29 is 4.79 Å². The molecule has 0 saturated carbocycles. The van der Waals surface area contributed by atoms with E-state index in [1.54, 1.807) is 0 Å². The fourth-order valence-corrected chi connectivity index (χ4v) is 2.99.